The van der Waals surface area contributed by atoms with Crippen molar-refractivity contribution in [1.82, 2.24) is 5.32 Å². The van der Waals surface area contributed by atoms with E-state index in [0.29, 0.717) is 5.75 Å². The average molecular weight is 226 g/mol. The largest absolute Gasteiger partial charge is 0.497 e. The van der Waals surface area contributed by atoms with Gasteiger partial charge >= 0.3 is 0 Å². The smallest absolute Gasteiger partial charge is 0.241 e. The van der Waals surface area contributed by atoms with Crippen molar-refractivity contribution in [2.24, 2.45) is 0 Å². The van der Waals surface area contributed by atoms with Crippen LogP contribution < -0.4 is 15.4 Å². The van der Waals surface area contributed by atoms with Crippen LogP contribution in [0.2, 0.25) is 0 Å². The normalized spacial score (nSPS) is 12.0. The van der Waals surface area contributed by atoms with E-state index in [1.807, 2.05) is 0 Å². The van der Waals surface area contributed by atoms with Crippen LogP contribution in [0.5, 0.6) is 5.75 Å². The van der Waals surface area contributed by atoms with Gasteiger partial charge in [0.25, 0.3) is 0 Å². The predicted molar refractivity (Wildman–Crippen MR) is 60.1 cm³/mol. The van der Waals surface area contributed by atoms with Crippen LogP contribution in [0.25, 0.3) is 0 Å². The summed E-state index contributed by atoms with van der Waals surface area (Å²) < 4.78 is 18.3. The lowest BCUT2D eigenvalue weighted by atomic mass is 10.2. The molecule has 5 heteroatoms. The molecule has 1 unspecified atom stereocenters. The van der Waals surface area contributed by atoms with Crippen LogP contribution in [0.4, 0.5) is 10.1 Å². The molecule has 0 aliphatic carbocycles. The summed E-state index contributed by atoms with van der Waals surface area (Å²) in [6.45, 7) is 1.69. The molecule has 0 radical (unpaired) electrons. The first-order chi connectivity index (χ1) is 7.58. The number of anilines is 1. The summed E-state index contributed by atoms with van der Waals surface area (Å²) in [4.78, 5) is 11.5. The number of amides is 1. The third-order valence-electron chi connectivity index (χ3n) is 2.26. The first kappa shape index (κ1) is 12.4. The quantitative estimate of drug-likeness (QED) is 0.815. The van der Waals surface area contributed by atoms with Crippen molar-refractivity contribution in [3.05, 3.63) is 24.0 Å². The number of halogens is 1. The van der Waals surface area contributed by atoms with Gasteiger partial charge < -0.3 is 15.4 Å². The number of carbonyl (C=O) groups excluding carboxylic acids is 1. The first-order valence-corrected chi connectivity index (χ1v) is 4.90. The van der Waals surface area contributed by atoms with Crippen molar-refractivity contribution < 1.29 is 13.9 Å². The van der Waals surface area contributed by atoms with Crippen molar-refractivity contribution in [3.63, 3.8) is 0 Å². The molecule has 0 spiro atoms. The Morgan fingerprint density at radius 1 is 1.50 bits per heavy atom. The summed E-state index contributed by atoms with van der Waals surface area (Å²) in [5.41, 5.74) is 0.117. The standard InChI is InChI=1S/C11H15FN2O2/c1-7(13-2)11(15)14-10-6-8(16-3)4-5-9(10)12/h4-7,13H,1-3H3,(H,14,15). The zero-order valence-electron chi connectivity index (χ0n) is 9.50. The van der Waals surface area contributed by atoms with Gasteiger partial charge in [0, 0.05) is 6.07 Å². The molecular formula is C11H15FN2O2. The molecule has 1 aromatic carbocycles. The van der Waals surface area contributed by atoms with Gasteiger partial charge in [-0.25, -0.2) is 4.39 Å². The van der Waals surface area contributed by atoms with Crippen molar-refractivity contribution >= 4 is 11.6 Å². The fourth-order valence-electron chi connectivity index (χ4n) is 1.10. The van der Waals surface area contributed by atoms with Crippen molar-refractivity contribution in [3.8, 4) is 5.75 Å². The Kier molecular flexibility index (Phi) is 4.25. The number of nitrogens with one attached hydrogen (secondary N) is 2. The van der Waals surface area contributed by atoms with Gasteiger partial charge in [-0.05, 0) is 26.1 Å². The number of likely N-dealkylation sites (N-methyl/N-ethyl adjacent to an activating group) is 1. The molecule has 2 N–H and O–H groups in total. The molecule has 1 rings (SSSR count). The molecular weight excluding hydrogens is 211 g/mol. The molecule has 0 aliphatic heterocycles. The Morgan fingerprint density at radius 2 is 2.19 bits per heavy atom. The molecule has 0 aliphatic rings. The monoisotopic (exact) mass is 226 g/mol. The highest BCUT2D eigenvalue weighted by Crippen LogP contribution is 2.21. The minimum absolute atomic E-state index is 0.117. The highest BCUT2D eigenvalue weighted by molar-refractivity contribution is 5.94. The number of benzene rings is 1. The zero-order valence-corrected chi connectivity index (χ0v) is 9.50. The van der Waals surface area contributed by atoms with Crippen molar-refractivity contribution in [1.29, 1.82) is 0 Å². The lowest BCUT2D eigenvalue weighted by molar-refractivity contribution is -0.117. The van der Waals surface area contributed by atoms with Gasteiger partial charge in [0.05, 0.1) is 18.8 Å². The molecule has 88 valence electrons. The lowest BCUT2D eigenvalue weighted by Crippen LogP contribution is -2.35. The van der Waals surface area contributed by atoms with E-state index in [2.05, 4.69) is 10.6 Å². The molecule has 0 aromatic heterocycles. The van der Waals surface area contributed by atoms with E-state index < -0.39 is 5.82 Å². The molecule has 4 nitrogen and oxygen atoms in total. The van der Waals surface area contributed by atoms with Crippen LogP contribution in [0.15, 0.2) is 18.2 Å². The fraction of sp³-hybridized carbons (Fsp3) is 0.364. The maximum Gasteiger partial charge on any atom is 0.241 e. The molecule has 0 fully saturated rings. The number of methoxy groups -OCH3 is 1. The predicted octanol–water partition coefficient (Wildman–Crippen LogP) is 1.38. The van der Waals surface area contributed by atoms with Crippen LogP contribution in [-0.2, 0) is 4.79 Å². The van der Waals surface area contributed by atoms with Gasteiger partial charge in [-0.1, -0.05) is 0 Å². The molecule has 16 heavy (non-hydrogen) atoms. The SMILES string of the molecule is CNC(C)C(=O)Nc1cc(OC)ccc1F. The summed E-state index contributed by atoms with van der Waals surface area (Å²) in [6, 6.07) is 3.80. The summed E-state index contributed by atoms with van der Waals surface area (Å²) in [5, 5.41) is 5.25. The van der Waals surface area contributed by atoms with Gasteiger partial charge in [-0.3, -0.25) is 4.79 Å². The van der Waals surface area contributed by atoms with Crippen LogP contribution in [0.1, 0.15) is 6.92 Å². The van der Waals surface area contributed by atoms with Crippen molar-refractivity contribution in [2.75, 3.05) is 19.5 Å². The van der Waals surface area contributed by atoms with E-state index in [4.69, 9.17) is 4.74 Å². The molecule has 1 amide bonds. The Bertz CT molecular complexity index is 382. The van der Waals surface area contributed by atoms with Gasteiger partial charge in [-0.2, -0.15) is 0 Å². The van der Waals surface area contributed by atoms with E-state index in [-0.39, 0.29) is 17.6 Å². The fourth-order valence-corrected chi connectivity index (χ4v) is 1.10. The molecule has 0 saturated carbocycles. The molecule has 1 atom stereocenters. The number of hydrogen-bond acceptors (Lipinski definition) is 3. The third kappa shape index (κ3) is 2.93. The summed E-state index contributed by atoms with van der Waals surface area (Å²) in [5.74, 6) is -0.291. The van der Waals surface area contributed by atoms with Gasteiger partial charge in [0.15, 0.2) is 0 Å². The molecule has 1 aromatic rings. The van der Waals surface area contributed by atoms with E-state index in [0.717, 1.165) is 0 Å². The Morgan fingerprint density at radius 3 is 2.75 bits per heavy atom. The number of carbonyl (C=O) groups is 1. The van der Waals surface area contributed by atoms with Crippen LogP contribution in [0, 0.1) is 5.82 Å². The third-order valence-corrected chi connectivity index (χ3v) is 2.26. The second kappa shape index (κ2) is 5.46. The minimum atomic E-state index is -0.488. The number of hydrogen-bond donors (Lipinski definition) is 2. The Hall–Kier alpha value is -1.62. The maximum absolute atomic E-state index is 13.3. The summed E-state index contributed by atoms with van der Waals surface area (Å²) in [6.07, 6.45) is 0. The Labute approximate surface area is 93.8 Å². The van der Waals surface area contributed by atoms with E-state index in [1.54, 1.807) is 14.0 Å². The average Bonchev–Trinajstić information content (AvgIpc) is 2.30. The topological polar surface area (TPSA) is 50.4 Å². The number of ether oxygens (including phenoxy) is 1. The lowest BCUT2D eigenvalue weighted by Gasteiger charge is -2.12. The van der Waals surface area contributed by atoms with Crippen LogP contribution in [0.3, 0.4) is 0 Å². The van der Waals surface area contributed by atoms with E-state index >= 15 is 0 Å². The Balaban J connectivity index is 2.83. The second-order valence-electron chi connectivity index (χ2n) is 3.35. The molecule has 0 heterocycles. The van der Waals surface area contributed by atoms with Crippen LogP contribution >= 0.6 is 0 Å². The minimum Gasteiger partial charge on any atom is -0.497 e. The summed E-state index contributed by atoms with van der Waals surface area (Å²) >= 11 is 0. The molecule has 0 saturated heterocycles. The van der Waals surface area contributed by atoms with Gasteiger partial charge in [-0.15, -0.1) is 0 Å². The first-order valence-electron chi connectivity index (χ1n) is 4.90. The number of rotatable bonds is 4. The molecule has 0 bridgehead atoms. The second-order valence-corrected chi connectivity index (χ2v) is 3.35. The highest BCUT2D eigenvalue weighted by atomic mass is 19.1. The highest BCUT2D eigenvalue weighted by Gasteiger charge is 2.13. The zero-order chi connectivity index (χ0) is 12.1. The van der Waals surface area contributed by atoms with Crippen LogP contribution in [-0.4, -0.2) is 26.1 Å². The van der Waals surface area contributed by atoms with E-state index in [1.165, 1.54) is 25.3 Å². The van der Waals surface area contributed by atoms with E-state index in [9.17, 15) is 9.18 Å². The van der Waals surface area contributed by atoms with Gasteiger partial charge in [0.1, 0.15) is 11.6 Å². The maximum atomic E-state index is 13.3. The summed E-state index contributed by atoms with van der Waals surface area (Å²) in [7, 11) is 3.14. The van der Waals surface area contributed by atoms with Gasteiger partial charge in [0.2, 0.25) is 5.91 Å². The van der Waals surface area contributed by atoms with Crippen molar-refractivity contribution in [2.45, 2.75) is 13.0 Å².